The number of amides is 1. The zero-order valence-electron chi connectivity index (χ0n) is 12.4. The molecule has 2 aromatic carbocycles. The van der Waals surface area contributed by atoms with Crippen LogP contribution < -0.4 is 10.6 Å². The zero-order valence-corrected chi connectivity index (χ0v) is 13.9. The number of carbonyl (C=O) groups excluding carboxylic acids is 1. The molecule has 0 aliphatic rings. The molecule has 0 aliphatic heterocycles. The van der Waals surface area contributed by atoms with Crippen LogP contribution in [0.1, 0.15) is 20.7 Å². The van der Waals surface area contributed by atoms with E-state index in [1.54, 1.807) is 12.1 Å². The van der Waals surface area contributed by atoms with Gasteiger partial charge in [0.25, 0.3) is 11.6 Å². The summed E-state index contributed by atoms with van der Waals surface area (Å²) < 4.78 is 0. The lowest BCUT2D eigenvalue weighted by Crippen LogP contribution is -2.34. The number of nitrogens with one attached hydrogen (secondary N) is 2. The molecule has 0 atom stereocenters. The standard InChI is InChI=1S/C15H10ClN3O5S/c16-11-7-8(19(23)24)5-6-9(11)13(20)18-15(25)17-12-4-2-1-3-10(12)14(21)22/h1-7H,(H,21,22)(H2,17,18,20,25). The lowest BCUT2D eigenvalue weighted by molar-refractivity contribution is -0.384. The van der Waals surface area contributed by atoms with Crippen LogP contribution in [-0.2, 0) is 0 Å². The molecule has 0 unspecified atom stereocenters. The first kappa shape index (κ1) is 18.3. The van der Waals surface area contributed by atoms with E-state index in [1.807, 2.05) is 0 Å². The topological polar surface area (TPSA) is 122 Å². The van der Waals surface area contributed by atoms with Gasteiger partial charge in [0, 0.05) is 12.1 Å². The van der Waals surface area contributed by atoms with Crippen molar-refractivity contribution in [2.45, 2.75) is 0 Å². The molecular weight excluding hydrogens is 370 g/mol. The first-order valence-electron chi connectivity index (χ1n) is 6.68. The van der Waals surface area contributed by atoms with Crippen LogP contribution in [0.15, 0.2) is 42.5 Å². The van der Waals surface area contributed by atoms with Gasteiger partial charge < -0.3 is 10.4 Å². The third-order valence-electron chi connectivity index (χ3n) is 3.04. The minimum absolute atomic E-state index is 0.0112. The van der Waals surface area contributed by atoms with Crippen molar-refractivity contribution in [2.24, 2.45) is 0 Å². The molecule has 128 valence electrons. The number of para-hydroxylation sites is 1. The number of hydrogen-bond acceptors (Lipinski definition) is 5. The quantitative estimate of drug-likeness (QED) is 0.424. The Kier molecular flexibility index (Phi) is 5.63. The number of hydrogen-bond donors (Lipinski definition) is 3. The molecule has 10 heteroatoms. The Bertz CT molecular complexity index is 887. The van der Waals surface area contributed by atoms with Gasteiger partial charge in [-0.1, -0.05) is 23.7 Å². The maximum atomic E-state index is 12.2. The molecule has 8 nitrogen and oxygen atoms in total. The van der Waals surface area contributed by atoms with Crippen molar-refractivity contribution < 1.29 is 19.6 Å². The summed E-state index contributed by atoms with van der Waals surface area (Å²) in [6, 6.07) is 9.40. The predicted octanol–water partition coefficient (Wildman–Crippen LogP) is 3.07. The van der Waals surface area contributed by atoms with E-state index in [1.165, 1.54) is 18.2 Å². The molecule has 0 fully saturated rings. The molecule has 0 aromatic heterocycles. The fourth-order valence-electron chi connectivity index (χ4n) is 1.90. The van der Waals surface area contributed by atoms with Gasteiger partial charge in [-0.05, 0) is 30.4 Å². The normalized spacial score (nSPS) is 9.96. The summed E-state index contributed by atoms with van der Waals surface area (Å²) in [6.45, 7) is 0. The van der Waals surface area contributed by atoms with Crippen molar-refractivity contribution in [3.8, 4) is 0 Å². The minimum atomic E-state index is -1.16. The highest BCUT2D eigenvalue weighted by Crippen LogP contribution is 2.22. The number of carboxylic acids is 1. The maximum absolute atomic E-state index is 12.2. The monoisotopic (exact) mass is 379 g/mol. The second-order valence-corrected chi connectivity index (χ2v) is 5.50. The van der Waals surface area contributed by atoms with Crippen molar-refractivity contribution in [3.63, 3.8) is 0 Å². The van der Waals surface area contributed by atoms with Gasteiger partial charge in [-0.2, -0.15) is 0 Å². The van der Waals surface area contributed by atoms with Crippen molar-refractivity contribution in [1.29, 1.82) is 0 Å². The van der Waals surface area contributed by atoms with Gasteiger partial charge in [-0.25, -0.2) is 4.79 Å². The first-order valence-corrected chi connectivity index (χ1v) is 7.47. The lowest BCUT2D eigenvalue weighted by Gasteiger charge is -2.12. The van der Waals surface area contributed by atoms with E-state index in [0.717, 1.165) is 12.1 Å². The van der Waals surface area contributed by atoms with Crippen LogP contribution in [0.4, 0.5) is 11.4 Å². The number of thiocarbonyl (C=S) groups is 1. The van der Waals surface area contributed by atoms with Gasteiger partial charge in [-0.3, -0.25) is 20.2 Å². The molecule has 0 radical (unpaired) electrons. The number of nitro benzene ring substituents is 1. The SMILES string of the molecule is O=C(NC(=S)Nc1ccccc1C(=O)O)c1ccc([N+](=O)[O-])cc1Cl. The third kappa shape index (κ3) is 4.49. The van der Waals surface area contributed by atoms with Crippen LogP contribution >= 0.6 is 23.8 Å². The fourth-order valence-corrected chi connectivity index (χ4v) is 2.37. The average Bonchev–Trinajstić information content (AvgIpc) is 2.54. The highest BCUT2D eigenvalue weighted by Gasteiger charge is 2.17. The molecule has 2 rings (SSSR count). The Morgan fingerprint density at radius 1 is 1.16 bits per heavy atom. The molecule has 25 heavy (non-hydrogen) atoms. The minimum Gasteiger partial charge on any atom is -0.478 e. The summed E-state index contributed by atoms with van der Waals surface area (Å²) in [5.74, 6) is -1.85. The van der Waals surface area contributed by atoms with Crippen LogP contribution in [0, 0.1) is 10.1 Å². The molecule has 0 saturated heterocycles. The van der Waals surface area contributed by atoms with Gasteiger partial charge in [0.1, 0.15) is 0 Å². The Hall–Kier alpha value is -3.04. The number of carbonyl (C=O) groups is 2. The van der Waals surface area contributed by atoms with Gasteiger partial charge in [-0.15, -0.1) is 0 Å². The Labute approximate surface area is 151 Å². The summed E-state index contributed by atoms with van der Waals surface area (Å²) in [4.78, 5) is 33.3. The summed E-state index contributed by atoms with van der Waals surface area (Å²) in [5, 5.41) is 24.5. The largest absolute Gasteiger partial charge is 0.478 e. The number of benzene rings is 2. The van der Waals surface area contributed by atoms with Crippen LogP contribution in [0.2, 0.25) is 5.02 Å². The third-order valence-corrected chi connectivity index (χ3v) is 3.56. The molecule has 2 aromatic rings. The second-order valence-electron chi connectivity index (χ2n) is 4.68. The number of carboxylic acid groups (broad SMARTS) is 1. The highest BCUT2D eigenvalue weighted by molar-refractivity contribution is 7.80. The van der Waals surface area contributed by atoms with Crippen LogP contribution in [-0.4, -0.2) is 27.0 Å². The highest BCUT2D eigenvalue weighted by atomic mass is 35.5. The Morgan fingerprint density at radius 2 is 1.84 bits per heavy atom. The number of nitrogens with zero attached hydrogens (tertiary/aromatic N) is 1. The van der Waals surface area contributed by atoms with Crippen molar-refractivity contribution in [1.82, 2.24) is 5.32 Å². The molecule has 0 bridgehead atoms. The van der Waals surface area contributed by atoms with Gasteiger partial charge in [0.05, 0.1) is 26.8 Å². The number of non-ortho nitro benzene ring substituents is 1. The van der Waals surface area contributed by atoms with Crippen LogP contribution in [0.3, 0.4) is 0 Å². The summed E-state index contributed by atoms with van der Waals surface area (Å²) in [7, 11) is 0. The second kappa shape index (κ2) is 7.69. The van der Waals surface area contributed by atoms with Crippen molar-refractivity contribution in [3.05, 3.63) is 68.7 Å². The fraction of sp³-hybridized carbons (Fsp3) is 0. The van der Waals surface area contributed by atoms with Crippen molar-refractivity contribution >= 4 is 52.2 Å². The van der Waals surface area contributed by atoms with E-state index in [2.05, 4.69) is 10.6 Å². The van der Waals surface area contributed by atoms with Gasteiger partial charge in [0.2, 0.25) is 0 Å². The molecule has 0 spiro atoms. The molecule has 0 heterocycles. The molecule has 3 N–H and O–H groups in total. The molecule has 0 saturated carbocycles. The van der Waals surface area contributed by atoms with E-state index in [4.69, 9.17) is 28.9 Å². The number of aromatic carboxylic acids is 1. The number of halogens is 1. The predicted molar refractivity (Wildman–Crippen MR) is 95.2 cm³/mol. The molecule has 1 amide bonds. The Balaban J connectivity index is 2.12. The number of rotatable bonds is 4. The first-order chi connectivity index (χ1) is 11.8. The van der Waals surface area contributed by atoms with E-state index in [9.17, 15) is 19.7 Å². The van der Waals surface area contributed by atoms with Gasteiger partial charge in [0.15, 0.2) is 5.11 Å². The smallest absolute Gasteiger partial charge is 0.337 e. The summed E-state index contributed by atoms with van der Waals surface area (Å²) >= 11 is 10.9. The maximum Gasteiger partial charge on any atom is 0.337 e. The van der Waals surface area contributed by atoms with Crippen LogP contribution in [0.25, 0.3) is 0 Å². The average molecular weight is 380 g/mol. The van der Waals surface area contributed by atoms with E-state index < -0.39 is 16.8 Å². The molecule has 0 aliphatic carbocycles. The van der Waals surface area contributed by atoms with E-state index in [-0.39, 0.29) is 32.6 Å². The van der Waals surface area contributed by atoms with Crippen molar-refractivity contribution in [2.75, 3.05) is 5.32 Å². The summed E-state index contributed by atoms with van der Waals surface area (Å²) in [6.07, 6.45) is 0. The lowest BCUT2D eigenvalue weighted by atomic mass is 10.2. The number of anilines is 1. The zero-order chi connectivity index (χ0) is 18.6. The van der Waals surface area contributed by atoms with Gasteiger partial charge >= 0.3 is 5.97 Å². The van der Waals surface area contributed by atoms with E-state index >= 15 is 0 Å². The van der Waals surface area contributed by atoms with E-state index in [0.29, 0.717) is 0 Å². The summed E-state index contributed by atoms with van der Waals surface area (Å²) in [5.41, 5.74) is -0.0804. The van der Waals surface area contributed by atoms with Crippen LogP contribution in [0.5, 0.6) is 0 Å². The molecular formula is C15H10ClN3O5S. The Morgan fingerprint density at radius 3 is 2.44 bits per heavy atom. The number of nitro groups is 1.